The number of carbonyl (C=O) groups is 1. The standard InChI is InChI=1S/C14H21N3O/c1-10-8-14(16(3)4)15-9-12(10)13-6-5-7-17(13)11(2)18/h8-9,13H,5-7H2,1-4H3. The summed E-state index contributed by atoms with van der Waals surface area (Å²) in [5, 5.41) is 0. The molecule has 0 aromatic carbocycles. The molecule has 1 saturated heterocycles. The number of aryl methyl sites for hydroxylation is 1. The van der Waals surface area contributed by atoms with Gasteiger partial charge in [-0.2, -0.15) is 0 Å². The number of nitrogens with zero attached hydrogens (tertiary/aromatic N) is 3. The minimum atomic E-state index is 0.161. The Labute approximate surface area is 109 Å². The highest BCUT2D eigenvalue weighted by Crippen LogP contribution is 2.33. The highest BCUT2D eigenvalue weighted by molar-refractivity contribution is 5.74. The molecule has 0 spiro atoms. The topological polar surface area (TPSA) is 36.4 Å². The Kier molecular flexibility index (Phi) is 3.55. The summed E-state index contributed by atoms with van der Waals surface area (Å²) >= 11 is 0. The first kappa shape index (κ1) is 12.9. The molecule has 1 fully saturated rings. The molecule has 1 unspecified atom stereocenters. The van der Waals surface area contributed by atoms with Gasteiger partial charge in [0.15, 0.2) is 0 Å². The zero-order valence-electron chi connectivity index (χ0n) is 11.6. The molecule has 98 valence electrons. The molecule has 18 heavy (non-hydrogen) atoms. The summed E-state index contributed by atoms with van der Waals surface area (Å²) in [6.07, 6.45) is 4.05. The van der Waals surface area contributed by atoms with E-state index in [0.29, 0.717) is 0 Å². The second-order valence-electron chi connectivity index (χ2n) is 5.16. The Morgan fingerprint density at radius 1 is 1.50 bits per heavy atom. The quantitative estimate of drug-likeness (QED) is 0.803. The number of likely N-dealkylation sites (tertiary alicyclic amines) is 1. The molecule has 4 nitrogen and oxygen atoms in total. The van der Waals surface area contributed by atoms with Crippen molar-refractivity contribution in [1.29, 1.82) is 0 Å². The van der Waals surface area contributed by atoms with Crippen LogP contribution < -0.4 is 4.90 Å². The predicted molar refractivity (Wildman–Crippen MR) is 72.7 cm³/mol. The Balaban J connectivity index is 2.31. The smallest absolute Gasteiger partial charge is 0.219 e. The fourth-order valence-corrected chi connectivity index (χ4v) is 2.61. The van der Waals surface area contributed by atoms with E-state index in [2.05, 4.69) is 18.0 Å². The Morgan fingerprint density at radius 3 is 2.78 bits per heavy atom. The van der Waals surface area contributed by atoms with Crippen LogP contribution in [0.5, 0.6) is 0 Å². The second-order valence-corrected chi connectivity index (χ2v) is 5.16. The van der Waals surface area contributed by atoms with Crippen LogP contribution in [0, 0.1) is 6.92 Å². The highest BCUT2D eigenvalue weighted by atomic mass is 16.2. The van der Waals surface area contributed by atoms with Gasteiger partial charge in [-0.3, -0.25) is 4.79 Å². The van der Waals surface area contributed by atoms with E-state index in [1.165, 1.54) is 11.1 Å². The Hall–Kier alpha value is -1.58. The van der Waals surface area contributed by atoms with Gasteiger partial charge in [-0.1, -0.05) is 0 Å². The molecule has 1 aromatic rings. The zero-order chi connectivity index (χ0) is 13.3. The van der Waals surface area contributed by atoms with Crippen LogP contribution in [-0.2, 0) is 4.79 Å². The van der Waals surface area contributed by atoms with Crippen LogP contribution in [0.4, 0.5) is 5.82 Å². The van der Waals surface area contributed by atoms with Gasteiger partial charge in [0.2, 0.25) is 5.91 Å². The van der Waals surface area contributed by atoms with Crippen LogP contribution in [0.3, 0.4) is 0 Å². The molecular formula is C14H21N3O. The van der Waals surface area contributed by atoms with E-state index in [1.807, 2.05) is 30.1 Å². The summed E-state index contributed by atoms with van der Waals surface area (Å²) in [4.78, 5) is 20.0. The van der Waals surface area contributed by atoms with Gasteiger partial charge in [-0.15, -0.1) is 0 Å². The molecule has 0 bridgehead atoms. The Morgan fingerprint density at radius 2 is 2.22 bits per heavy atom. The van der Waals surface area contributed by atoms with Crippen LogP contribution in [0.2, 0.25) is 0 Å². The molecule has 0 aliphatic carbocycles. The van der Waals surface area contributed by atoms with E-state index in [-0.39, 0.29) is 11.9 Å². The third-order valence-corrected chi connectivity index (χ3v) is 3.61. The van der Waals surface area contributed by atoms with E-state index >= 15 is 0 Å². The predicted octanol–water partition coefficient (Wildman–Crippen LogP) is 2.14. The molecule has 2 rings (SSSR count). The van der Waals surface area contributed by atoms with Crippen LogP contribution in [0.1, 0.15) is 36.9 Å². The molecule has 2 heterocycles. The van der Waals surface area contributed by atoms with E-state index in [1.54, 1.807) is 6.92 Å². The van der Waals surface area contributed by atoms with Crippen molar-refractivity contribution < 1.29 is 4.79 Å². The summed E-state index contributed by atoms with van der Waals surface area (Å²) in [7, 11) is 3.97. The van der Waals surface area contributed by atoms with Crippen molar-refractivity contribution >= 4 is 11.7 Å². The fourth-order valence-electron chi connectivity index (χ4n) is 2.61. The van der Waals surface area contributed by atoms with Gasteiger partial charge in [0, 0.05) is 33.8 Å². The normalized spacial score (nSPS) is 19.1. The zero-order valence-corrected chi connectivity index (χ0v) is 11.6. The van der Waals surface area contributed by atoms with Gasteiger partial charge in [-0.05, 0) is 37.0 Å². The number of amides is 1. The number of anilines is 1. The lowest BCUT2D eigenvalue weighted by atomic mass is 10.0. The minimum Gasteiger partial charge on any atom is -0.363 e. The first-order valence-electron chi connectivity index (χ1n) is 6.41. The number of hydrogen-bond donors (Lipinski definition) is 0. The van der Waals surface area contributed by atoms with E-state index in [0.717, 1.165) is 25.2 Å². The number of aromatic nitrogens is 1. The first-order chi connectivity index (χ1) is 8.50. The van der Waals surface area contributed by atoms with Gasteiger partial charge in [0.05, 0.1) is 6.04 Å². The number of hydrogen-bond acceptors (Lipinski definition) is 3. The molecule has 0 radical (unpaired) electrons. The van der Waals surface area contributed by atoms with Crippen molar-refractivity contribution in [2.45, 2.75) is 32.7 Å². The van der Waals surface area contributed by atoms with Crippen LogP contribution in [-0.4, -0.2) is 36.4 Å². The molecule has 1 aliphatic rings. The lowest BCUT2D eigenvalue weighted by Gasteiger charge is -2.25. The molecule has 1 aromatic heterocycles. The van der Waals surface area contributed by atoms with Gasteiger partial charge >= 0.3 is 0 Å². The maximum absolute atomic E-state index is 11.6. The van der Waals surface area contributed by atoms with E-state index < -0.39 is 0 Å². The average molecular weight is 247 g/mol. The van der Waals surface area contributed by atoms with Gasteiger partial charge < -0.3 is 9.80 Å². The summed E-state index contributed by atoms with van der Waals surface area (Å²) < 4.78 is 0. The fraction of sp³-hybridized carbons (Fsp3) is 0.571. The maximum atomic E-state index is 11.6. The van der Waals surface area contributed by atoms with Crippen molar-refractivity contribution in [3.63, 3.8) is 0 Å². The van der Waals surface area contributed by atoms with Crippen molar-refractivity contribution in [2.75, 3.05) is 25.5 Å². The summed E-state index contributed by atoms with van der Waals surface area (Å²) in [6.45, 7) is 4.62. The SMILES string of the molecule is CC(=O)N1CCCC1c1cnc(N(C)C)cc1C. The first-order valence-corrected chi connectivity index (χ1v) is 6.41. The van der Waals surface area contributed by atoms with Crippen LogP contribution >= 0.6 is 0 Å². The monoisotopic (exact) mass is 247 g/mol. The number of pyridine rings is 1. The molecule has 0 saturated carbocycles. The molecule has 1 amide bonds. The molecule has 4 heteroatoms. The third-order valence-electron chi connectivity index (χ3n) is 3.61. The number of rotatable bonds is 2. The van der Waals surface area contributed by atoms with Crippen molar-refractivity contribution in [2.24, 2.45) is 0 Å². The maximum Gasteiger partial charge on any atom is 0.219 e. The summed E-state index contributed by atoms with van der Waals surface area (Å²) in [5.41, 5.74) is 2.40. The van der Waals surface area contributed by atoms with Crippen LogP contribution in [0.25, 0.3) is 0 Å². The van der Waals surface area contributed by atoms with Crippen LogP contribution in [0.15, 0.2) is 12.3 Å². The highest BCUT2D eigenvalue weighted by Gasteiger charge is 2.29. The van der Waals surface area contributed by atoms with Crippen molar-refractivity contribution in [1.82, 2.24) is 9.88 Å². The average Bonchev–Trinajstić information content (AvgIpc) is 2.77. The van der Waals surface area contributed by atoms with Crippen molar-refractivity contribution in [3.05, 3.63) is 23.4 Å². The summed E-state index contributed by atoms with van der Waals surface area (Å²) in [5.74, 6) is 1.12. The number of carbonyl (C=O) groups excluding carboxylic acids is 1. The third kappa shape index (κ3) is 2.33. The van der Waals surface area contributed by atoms with Gasteiger partial charge in [0.1, 0.15) is 5.82 Å². The molecule has 0 N–H and O–H groups in total. The molecule has 1 aliphatic heterocycles. The lowest BCUT2D eigenvalue weighted by Crippen LogP contribution is -2.28. The molecule has 1 atom stereocenters. The molecular weight excluding hydrogens is 226 g/mol. The van der Waals surface area contributed by atoms with Gasteiger partial charge in [0.25, 0.3) is 0 Å². The largest absolute Gasteiger partial charge is 0.363 e. The second kappa shape index (κ2) is 4.96. The van der Waals surface area contributed by atoms with Crippen molar-refractivity contribution in [3.8, 4) is 0 Å². The lowest BCUT2D eigenvalue weighted by molar-refractivity contribution is -0.129. The van der Waals surface area contributed by atoms with Gasteiger partial charge in [-0.25, -0.2) is 4.98 Å². The van der Waals surface area contributed by atoms with E-state index in [4.69, 9.17) is 0 Å². The minimum absolute atomic E-state index is 0.161. The summed E-state index contributed by atoms with van der Waals surface area (Å²) in [6, 6.07) is 2.30. The van der Waals surface area contributed by atoms with E-state index in [9.17, 15) is 4.79 Å². The Bertz CT molecular complexity index is 456.